The lowest BCUT2D eigenvalue weighted by Gasteiger charge is -2.12. The average Bonchev–Trinajstić information content (AvgIpc) is 2.37. The van der Waals surface area contributed by atoms with Crippen molar-refractivity contribution in [3.05, 3.63) is 64.4 Å². The molecule has 0 atom stereocenters. The number of hydrogen-bond donors (Lipinski definition) is 2. The molecular weight excluding hydrogens is 283 g/mol. The molecule has 0 heterocycles. The fraction of sp³-hybridized carbons (Fsp3) is 0.0714. The van der Waals surface area contributed by atoms with Crippen LogP contribution in [0.2, 0.25) is 5.02 Å². The summed E-state index contributed by atoms with van der Waals surface area (Å²) in [5.41, 5.74) is 7.25. The van der Waals surface area contributed by atoms with Crippen LogP contribution in [-0.2, 0) is 6.54 Å². The van der Waals surface area contributed by atoms with E-state index in [2.05, 4.69) is 5.32 Å². The Kier molecular flexibility index (Phi) is 4.35. The van der Waals surface area contributed by atoms with Crippen molar-refractivity contribution in [3.8, 4) is 0 Å². The monoisotopic (exact) mass is 294 g/mol. The molecule has 0 bridgehead atoms. The van der Waals surface area contributed by atoms with Gasteiger partial charge in [-0.3, -0.25) is 0 Å². The number of nitrogens with two attached hydrogens (primary N) is 1. The van der Waals surface area contributed by atoms with Gasteiger partial charge in [0.25, 0.3) is 0 Å². The number of benzene rings is 2. The molecule has 19 heavy (non-hydrogen) atoms. The van der Waals surface area contributed by atoms with Crippen molar-refractivity contribution < 1.29 is 4.39 Å². The molecular formula is C14H12ClFN2S. The van der Waals surface area contributed by atoms with Gasteiger partial charge in [0, 0.05) is 17.3 Å². The third-order valence-corrected chi connectivity index (χ3v) is 3.26. The van der Waals surface area contributed by atoms with Gasteiger partial charge >= 0.3 is 0 Å². The van der Waals surface area contributed by atoms with Crippen molar-refractivity contribution in [2.24, 2.45) is 5.73 Å². The Hall–Kier alpha value is -1.65. The van der Waals surface area contributed by atoms with E-state index in [-0.39, 0.29) is 10.6 Å². The lowest BCUT2D eigenvalue weighted by molar-refractivity contribution is 0.626. The Morgan fingerprint density at radius 1 is 1.21 bits per heavy atom. The molecule has 0 aliphatic carbocycles. The number of nitrogens with one attached hydrogen (secondary N) is 1. The van der Waals surface area contributed by atoms with Crippen LogP contribution in [0, 0.1) is 5.82 Å². The van der Waals surface area contributed by atoms with Crippen LogP contribution in [0.25, 0.3) is 0 Å². The molecule has 0 unspecified atom stereocenters. The highest BCUT2D eigenvalue weighted by atomic mass is 35.5. The van der Waals surface area contributed by atoms with Gasteiger partial charge in [-0.15, -0.1) is 0 Å². The first-order valence-corrected chi connectivity index (χ1v) is 6.44. The first-order valence-electron chi connectivity index (χ1n) is 5.65. The van der Waals surface area contributed by atoms with Crippen LogP contribution in [0.4, 0.5) is 10.1 Å². The van der Waals surface area contributed by atoms with Gasteiger partial charge in [-0.05, 0) is 23.8 Å². The Labute approximate surface area is 121 Å². The molecule has 0 saturated heterocycles. The predicted octanol–water partition coefficient (Wildman–Crippen LogP) is 3.73. The summed E-state index contributed by atoms with van der Waals surface area (Å²) in [6, 6.07) is 12.1. The Balaban J connectivity index is 2.23. The first-order chi connectivity index (χ1) is 9.09. The van der Waals surface area contributed by atoms with Crippen LogP contribution in [0.1, 0.15) is 11.1 Å². The zero-order valence-corrected chi connectivity index (χ0v) is 11.6. The second kappa shape index (κ2) is 5.99. The summed E-state index contributed by atoms with van der Waals surface area (Å²) in [6.45, 7) is 0.471. The van der Waals surface area contributed by atoms with E-state index in [1.807, 2.05) is 18.2 Å². The SMILES string of the molecule is NC(=S)c1c(F)cccc1NCc1ccccc1Cl. The van der Waals surface area contributed by atoms with E-state index >= 15 is 0 Å². The molecule has 0 aliphatic heterocycles. The summed E-state index contributed by atoms with van der Waals surface area (Å²) in [7, 11) is 0. The van der Waals surface area contributed by atoms with Crippen LogP contribution in [0.15, 0.2) is 42.5 Å². The molecule has 0 amide bonds. The molecule has 0 spiro atoms. The van der Waals surface area contributed by atoms with Crippen molar-refractivity contribution in [3.63, 3.8) is 0 Å². The van der Waals surface area contributed by atoms with E-state index in [0.29, 0.717) is 17.3 Å². The van der Waals surface area contributed by atoms with E-state index in [9.17, 15) is 4.39 Å². The highest BCUT2D eigenvalue weighted by molar-refractivity contribution is 7.80. The minimum absolute atomic E-state index is 0.0276. The molecule has 3 N–H and O–H groups in total. The molecule has 2 aromatic carbocycles. The van der Waals surface area contributed by atoms with Crippen molar-refractivity contribution in [2.45, 2.75) is 6.54 Å². The number of rotatable bonds is 4. The lowest BCUT2D eigenvalue weighted by Crippen LogP contribution is -2.15. The molecule has 2 aromatic rings. The largest absolute Gasteiger partial charge is 0.389 e. The minimum Gasteiger partial charge on any atom is -0.389 e. The van der Waals surface area contributed by atoms with Crippen LogP contribution in [0.5, 0.6) is 0 Å². The highest BCUT2D eigenvalue weighted by Crippen LogP contribution is 2.21. The van der Waals surface area contributed by atoms with E-state index < -0.39 is 5.82 Å². The second-order valence-corrected chi connectivity index (χ2v) is 4.82. The van der Waals surface area contributed by atoms with E-state index in [4.69, 9.17) is 29.6 Å². The van der Waals surface area contributed by atoms with Crippen molar-refractivity contribution in [1.82, 2.24) is 0 Å². The number of thiocarbonyl (C=S) groups is 1. The van der Waals surface area contributed by atoms with Gasteiger partial charge in [-0.25, -0.2) is 4.39 Å². The number of halogens is 2. The molecule has 5 heteroatoms. The topological polar surface area (TPSA) is 38.0 Å². The molecule has 0 radical (unpaired) electrons. The summed E-state index contributed by atoms with van der Waals surface area (Å²) in [4.78, 5) is 0.0276. The normalized spacial score (nSPS) is 10.2. The van der Waals surface area contributed by atoms with Crippen molar-refractivity contribution in [1.29, 1.82) is 0 Å². The van der Waals surface area contributed by atoms with E-state index in [1.165, 1.54) is 6.07 Å². The maximum atomic E-state index is 13.7. The fourth-order valence-corrected chi connectivity index (χ4v) is 2.16. The summed E-state index contributed by atoms with van der Waals surface area (Å²) in [5, 5.41) is 3.76. The van der Waals surface area contributed by atoms with Crippen LogP contribution < -0.4 is 11.1 Å². The molecule has 2 rings (SSSR count). The molecule has 98 valence electrons. The quantitative estimate of drug-likeness (QED) is 0.844. The van der Waals surface area contributed by atoms with Crippen LogP contribution >= 0.6 is 23.8 Å². The summed E-state index contributed by atoms with van der Waals surface area (Å²) in [6.07, 6.45) is 0. The first kappa shape index (κ1) is 13.8. The smallest absolute Gasteiger partial charge is 0.135 e. The van der Waals surface area contributed by atoms with Gasteiger partial charge < -0.3 is 11.1 Å². The van der Waals surface area contributed by atoms with E-state index in [0.717, 1.165) is 5.56 Å². The molecule has 2 nitrogen and oxygen atoms in total. The summed E-state index contributed by atoms with van der Waals surface area (Å²) in [5.74, 6) is -0.434. The molecule has 0 fully saturated rings. The minimum atomic E-state index is -0.434. The molecule has 0 aromatic heterocycles. The second-order valence-electron chi connectivity index (χ2n) is 3.97. The average molecular weight is 295 g/mol. The summed E-state index contributed by atoms with van der Waals surface area (Å²) < 4.78 is 13.7. The fourth-order valence-electron chi connectivity index (χ4n) is 1.75. The maximum absolute atomic E-state index is 13.7. The molecule has 0 saturated carbocycles. The van der Waals surface area contributed by atoms with Crippen molar-refractivity contribution in [2.75, 3.05) is 5.32 Å². The highest BCUT2D eigenvalue weighted by Gasteiger charge is 2.11. The van der Waals surface area contributed by atoms with Gasteiger partial charge in [0.1, 0.15) is 10.8 Å². The van der Waals surface area contributed by atoms with Gasteiger partial charge in [0.05, 0.1) is 5.56 Å². The Bertz CT molecular complexity index is 616. The lowest BCUT2D eigenvalue weighted by atomic mass is 10.1. The van der Waals surface area contributed by atoms with E-state index in [1.54, 1.807) is 18.2 Å². The number of hydrogen-bond acceptors (Lipinski definition) is 2. The zero-order chi connectivity index (χ0) is 13.8. The zero-order valence-electron chi connectivity index (χ0n) is 9.99. The predicted molar refractivity (Wildman–Crippen MR) is 81.1 cm³/mol. The van der Waals surface area contributed by atoms with Gasteiger partial charge in [-0.1, -0.05) is 48.1 Å². The third kappa shape index (κ3) is 3.22. The molecule has 0 aliphatic rings. The Morgan fingerprint density at radius 2 is 1.95 bits per heavy atom. The maximum Gasteiger partial charge on any atom is 0.135 e. The van der Waals surface area contributed by atoms with Gasteiger partial charge in [-0.2, -0.15) is 0 Å². The third-order valence-electron chi connectivity index (χ3n) is 2.69. The van der Waals surface area contributed by atoms with Crippen molar-refractivity contribution >= 4 is 34.5 Å². The number of anilines is 1. The van der Waals surface area contributed by atoms with Gasteiger partial charge in [0.2, 0.25) is 0 Å². The Morgan fingerprint density at radius 3 is 2.63 bits per heavy atom. The summed E-state index contributed by atoms with van der Waals surface area (Å²) >= 11 is 10.9. The van der Waals surface area contributed by atoms with Crippen LogP contribution in [-0.4, -0.2) is 4.99 Å². The van der Waals surface area contributed by atoms with Crippen LogP contribution in [0.3, 0.4) is 0 Å². The standard InChI is InChI=1S/C14H12ClFN2S/c15-10-5-2-1-4-9(10)8-18-12-7-3-6-11(16)13(12)14(17)19/h1-7,18H,8H2,(H2,17,19). The van der Waals surface area contributed by atoms with Gasteiger partial charge in [0.15, 0.2) is 0 Å².